The van der Waals surface area contributed by atoms with Crippen molar-refractivity contribution < 1.29 is 19.4 Å². The predicted octanol–water partition coefficient (Wildman–Crippen LogP) is 4.40. The first-order valence-electron chi connectivity index (χ1n) is 11.6. The summed E-state index contributed by atoms with van der Waals surface area (Å²) >= 11 is 6.76. The Labute approximate surface area is 213 Å². The molecule has 1 fully saturated rings. The Hall–Kier alpha value is -3.63. The maximum atomic E-state index is 11.6. The van der Waals surface area contributed by atoms with Gasteiger partial charge in [-0.05, 0) is 32.0 Å². The number of hydrogen-bond donors (Lipinski definition) is 1. The van der Waals surface area contributed by atoms with E-state index in [-0.39, 0.29) is 18.9 Å². The molecule has 0 aliphatic carbocycles. The molecule has 11 heteroatoms. The highest BCUT2D eigenvalue weighted by molar-refractivity contribution is 6.35. The van der Waals surface area contributed by atoms with Crippen molar-refractivity contribution in [1.82, 2.24) is 24.6 Å². The quantitative estimate of drug-likeness (QED) is 0.394. The Balaban J connectivity index is 1.52. The van der Waals surface area contributed by atoms with E-state index in [2.05, 4.69) is 15.0 Å². The first kappa shape index (κ1) is 24.1. The highest BCUT2D eigenvalue weighted by atomic mass is 35.5. The van der Waals surface area contributed by atoms with Crippen molar-refractivity contribution in [2.45, 2.75) is 25.9 Å². The molecule has 0 spiro atoms. The number of halogens is 1. The third kappa shape index (κ3) is 4.38. The van der Waals surface area contributed by atoms with E-state index in [1.807, 2.05) is 45.3 Å². The van der Waals surface area contributed by atoms with Crippen LogP contribution in [0.15, 0.2) is 36.7 Å². The normalized spacial score (nSPS) is 18.2. The Morgan fingerprint density at radius 2 is 1.94 bits per heavy atom. The zero-order chi connectivity index (χ0) is 25.6. The fourth-order valence-corrected chi connectivity index (χ4v) is 5.14. The SMILES string of the molecule is COCOc1cc2nn(C)cc2cc1-c1cc(Cl)c2cc(N3C[C@@H](C)N(C(=O)O)[C@H](C)C3)cnc2n1. The molecule has 1 amide bonds. The van der Waals surface area contributed by atoms with Crippen LogP contribution in [0.2, 0.25) is 5.02 Å². The molecule has 188 valence electrons. The zero-order valence-electron chi connectivity index (χ0n) is 20.5. The molecule has 4 heterocycles. The molecular weight excluding hydrogens is 484 g/mol. The summed E-state index contributed by atoms with van der Waals surface area (Å²) in [6, 6.07) is 7.30. The first-order chi connectivity index (χ1) is 17.2. The summed E-state index contributed by atoms with van der Waals surface area (Å²) in [5, 5.41) is 16.2. The van der Waals surface area contributed by atoms with Gasteiger partial charge in [-0.15, -0.1) is 0 Å². The Bertz CT molecular complexity index is 1450. The lowest BCUT2D eigenvalue weighted by Gasteiger charge is -2.43. The lowest BCUT2D eigenvalue weighted by atomic mass is 10.1. The van der Waals surface area contributed by atoms with E-state index in [9.17, 15) is 9.90 Å². The van der Waals surface area contributed by atoms with Gasteiger partial charge < -0.3 is 19.5 Å². The van der Waals surface area contributed by atoms with Crippen molar-refractivity contribution in [3.8, 4) is 17.0 Å². The standard InChI is InChI=1S/C25H27ClN6O4/c1-14-10-31(11-15(2)32(14)25(33)34)17-6-18-20(26)7-22(28-24(18)27-9-17)19-5-16-12-30(3)29-21(16)8-23(19)36-13-35-4/h5-9,12,14-15H,10-11,13H2,1-4H3,(H,33,34)/t14-,15-/m1/s1. The van der Waals surface area contributed by atoms with Gasteiger partial charge in [0.1, 0.15) is 5.75 Å². The van der Waals surface area contributed by atoms with Gasteiger partial charge in [0.05, 0.1) is 40.2 Å². The van der Waals surface area contributed by atoms with E-state index >= 15 is 0 Å². The predicted molar refractivity (Wildman–Crippen MR) is 138 cm³/mol. The molecule has 0 unspecified atom stereocenters. The summed E-state index contributed by atoms with van der Waals surface area (Å²) in [4.78, 5) is 24.6. The molecule has 10 nitrogen and oxygen atoms in total. The molecule has 2 atom stereocenters. The fourth-order valence-electron chi connectivity index (χ4n) is 4.90. The van der Waals surface area contributed by atoms with Crippen LogP contribution in [-0.2, 0) is 11.8 Å². The molecule has 1 aromatic carbocycles. The van der Waals surface area contributed by atoms with Gasteiger partial charge in [-0.3, -0.25) is 9.58 Å². The molecule has 1 saturated heterocycles. The lowest BCUT2D eigenvalue weighted by Crippen LogP contribution is -2.58. The Morgan fingerprint density at radius 1 is 1.19 bits per heavy atom. The number of nitrogens with zero attached hydrogens (tertiary/aromatic N) is 6. The molecule has 36 heavy (non-hydrogen) atoms. The molecule has 1 N–H and O–H groups in total. The van der Waals surface area contributed by atoms with Crippen molar-refractivity contribution in [3.63, 3.8) is 0 Å². The maximum Gasteiger partial charge on any atom is 0.407 e. The lowest BCUT2D eigenvalue weighted by molar-refractivity contribution is 0.0516. The Kier molecular flexibility index (Phi) is 6.31. The topological polar surface area (TPSA) is 106 Å². The van der Waals surface area contributed by atoms with E-state index < -0.39 is 6.09 Å². The van der Waals surface area contributed by atoms with Crippen LogP contribution in [0.4, 0.5) is 10.5 Å². The minimum absolute atomic E-state index is 0.0836. The van der Waals surface area contributed by atoms with E-state index in [1.165, 1.54) is 4.90 Å². The number of anilines is 1. The van der Waals surface area contributed by atoms with Crippen molar-refractivity contribution in [2.75, 3.05) is 31.9 Å². The van der Waals surface area contributed by atoms with Gasteiger partial charge in [0.15, 0.2) is 12.4 Å². The smallest absolute Gasteiger partial charge is 0.407 e. The third-order valence-electron chi connectivity index (χ3n) is 6.43. The second-order valence-corrected chi connectivity index (χ2v) is 9.51. The van der Waals surface area contributed by atoms with Crippen LogP contribution >= 0.6 is 11.6 Å². The van der Waals surface area contributed by atoms with Crippen LogP contribution in [0.1, 0.15) is 13.8 Å². The number of piperazine rings is 1. The molecule has 1 aliphatic heterocycles. The molecule has 5 rings (SSSR count). The van der Waals surface area contributed by atoms with Gasteiger partial charge in [-0.25, -0.2) is 14.8 Å². The van der Waals surface area contributed by atoms with Crippen LogP contribution in [0.25, 0.3) is 33.2 Å². The van der Waals surface area contributed by atoms with Crippen LogP contribution < -0.4 is 9.64 Å². The number of aryl methyl sites for hydroxylation is 1. The van der Waals surface area contributed by atoms with Crippen LogP contribution in [0.3, 0.4) is 0 Å². The van der Waals surface area contributed by atoms with Gasteiger partial charge in [0, 0.05) is 55.8 Å². The summed E-state index contributed by atoms with van der Waals surface area (Å²) in [5.41, 5.74) is 3.57. The zero-order valence-corrected chi connectivity index (χ0v) is 21.2. The average molecular weight is 511 g/mol. The minimum Gasteiger partial charge on any atom is -0.467 e. The summed E-state index contributed by atoms with van der Waals surface area (Å²) in [6.45, 7) is 5.04. The molecule has 0 radical (unpaired) electrons. The number of rotatable bonds is 5. The first-order valence-corrected chi connectivity index (χ1v) is 11.9. The van der Waals surface area contributed by atoms with Gasteiger partial charge >= 0.3 is 6.09 Å². The summed E-state index contributed by atoms with van der Waals surface area (Å²) in [6.07, 6.45) is 2.79. The highest BCUT2D eigenvalue weighted by Crippen LogP contribution is 2.37. The average Bonchev–Trinajstić information content (AvgIpc) is 3.20. The molecule has 1 aliphatic rings. The molecule has 0 bridgehead atoms. The monoisotopic (exact) mass is 510 g/mol. The molecule has 0 saturated carbocycles. The number of fused-ring (bicyclic) bond motifs is 2. The number of benzene rings is 1. The number of pyridine rings is 2. The van der Waals surface area contributed by atoms with Gasteiger partial charge in [0.2, 0.25) is 0 Å². The molecule has 3 aromatic heterocycles. The second kappa shape index (κ2) is 9.44. The molecular formula is C25H27ClN6O4. The van der Waals surface area contributed by atoms with Crippen LogP contribution in [-0.4, -0.2) is 74.9 Å². The highest BCUT2D eigenvalue weighted by Gasteiger charge is 2.33. The van der Waals surface area contributed by atoms with Crippen molar-refractivity contribution in [1.29, 1.82) is 0 Å². The van der Waals surface area contributed by atoms with E-state index in [1.54, 1.807) is 24.1 Å². The number of ether oxygens (including phenoxy) is 2. The van der Waals surface area contributed by atoms with Crippen molar-refractivity contribution in [2.24, 2.45) is 7.05 Å². The molecule has 4 aromatic rings. The fraction of sp³-hybridized carbons (Fsp3) is 0.360. The van der Waals surface area contributed by atoms with Crippen LogP contribution in [0.5, 0.6) is 5.75 Å². The summed E-state index contributed by atoms with van der Waals surface area (Å²) in [7, 11) is 3.43. The van der Waals surface area contributed by atoms with Gasteiger partial charge in [0.25, 0.3) is 0 Å². The third-order valence-corrected chi connectivity index (χ3v) is 6.75. The maximum absolute atomic E-state index is 11.6. The number of hydrogen-bond acceptors (Lipinski definition) is 7. The number of aromatic nitrogens is 4. The number of carbonyl (C=O) groups is 1. The van der Waals surface area contributed by atoms with E-state index in [4.69, 9.17) is 26.1 Å². The Morgan fingerprint density at radius 3 is 2.64 bits per heavy atom. The summed E-state index contributed by atoms with van der Waals surface area (Å²) < 4.78 is 12.7. The number of amides is 1. The van der Waals surface area contributed by atoms with Crippen molar-refractivity contribution >= 4 is 45.3 Å². The number of carboxylic acid groups (broad SMARTS) is 1. The van der Waals surface area contributed by atoms with Gasteiger partial charge in [-0.1, -0.05) is 11.6 Å². The van der Waals surface area contributed by atoms with E-state index in [0.29, 0.717) is 35.2 Å². The van der Waals surface area contributed by atoms with E-state index in [0.717, 1.165) is 27.5 Å². The van der Waals surface area contributed by atoms with Crippen LogP contribution in [0, 0.1) is 0 Å². The summed E-state index contributed by atoms with van der Waals surface area (Å²) in [5.74, 6) is 0.585. The van der Waals surface area contributed by atoms with Crippen molar-refractivity contribution in [3.05, 3.63) is 41.7 Å². The second-order valence-electron chi connectivity index (χ2n) is 9.11. The van der Waals surface area contributed by atoms with Gasteiger partial charge in [-0.2, -0.15) is 5.10 Å². The number of methoxy groups -OCH3 is 1. The largest absolute Gasteiger partial charge is 0.467 e. The minimum atomic E-state index is -0.899.